The third kappa shape index (κ3) is 4.82. The first-order valence-corrected chi connectivity index (χ1v) is 12.4. The van der Waals surface area contributed by atoms with Gasteiger partial charge in [-0.05, 0) is 61.3 Å². The summed E-state index contributed by atoms with van der Waals surface area (Å²) in [5.41, 5.74) is 2.15. The number of fused-ring (bicyclic) bond motifs is 1. The summed E-state index contributed by atoms with van der Waals surface area (Å²) >= 11 is 1.69. The van der Waals surface area contributed by atoms with Gasteiger partial charge in [0.2, 0.25) is 0 Å². The van der Waals surface area contributed by atoms with Gasteiger partial charge in [0, 0.05) is 37.3 Å². The van der Waals surface area contributed by atoms with Crippen LogP contribution in [0.3, 0.4) is 0 Å². The molecule has 0 aromatic carbocycles. The molecular formula is C25H33N3O3S. The Morgan fingerprint density at radius 2 is 1.94 bits per heavy atom. The number of hydrogen-bond acceptors (Lipinski definition) is 6. The number of rotatable bonds is 4. The lowest BCUT2D eigenvalue weighted by Gasteiger charge is -2.35. The van der Waals surface area contributed by atoms with Crippen molar-refractivity contribution in [1.29, 1.82) is 0 Å². The average Bonchev–Trinajstić information content (AvgIpc) is 3.22. The van der Waals surface area contributed by atoms with E-state index in [0.717, 1.165) is 36.6 Å². The molecule has 1 atom stereocenters. The van der Waals surface area contributed by atoms with Gasteiger partial charge in [0.05, 0.1) is 17.0 Å². The van der Waals surface area contributed by atoms with E-state index in [-0.39, 0.29) is 11.9 Å². The monoisotopic (exact) mass is 455 g/mol. The number of piperazine rings is 1. The molecule has 4 rings (SSSR count). The zero-order valence-corrected chi connectivity index (χ0v) is 20.3. The number of carbonyl (C=O) groups is 2. The van der Waals surface area contributed by atoms with E-state index in [0.29, 0.717) is 36.6 Å². The largest absolute Gasteiger partial charge is 0.462 e. The van der Waals surface area contributed by atoms with Crippen LogP contribution in [0, 0.1) is 11.3 Å². The first-order valence-electron chi connectivity index (χ1n) is 11.5. The Morgan fingerprint density at radius 3 is 2.56 bits per heavy atom. The van der Waals surface area contributed by atoms with Gasteiger partial charge >= 0.3 is 5.97 Å². The number of thiophene rings is 1. The van der Waals surface area contributed by atoms with Crippen LogP contribution >= 0.6 is 11.3 Å². The van der Waals surface area contributed by atoms with Crippen molar-refractivity contribution in [1.82, 2.24) is 9.88 Å². The van der Waals surface area contributed by atoms with E-state index in [9.17, 15) is 9.59 Å². The SMILES string of the molecule is CCOC(=O)c1ccc(N2CCN(C(=O)c3cc4c(s3)CC[C@@H](C(C)(C)C)C4)CC2)nc1. The first-order chi connectivity index (χ1) is 15.3. The van der Waals surface area contributed by atoms with E-state index >= 15 is 0 Å². The molecule has 0 N–H and O–H groups in total. The number of esters is 1. The standard InChI is InChI=1S/C25H33N3O3S/c1-5-31-24(30)17-6-9-22(26-16-17)27-10-12-28(13-11-27)23(29)21-15-18-14-19(25(2,3)4)7-8-20(18)32-21/h6,9,15-16,19H,5,7-8,10-14H2,1-4H3/t19-/m1/s1. The van der Waals surface area contributed by atoms with Crippen LogP contribution in [0.15, 0.2) is 24.4 Å². The van der Waals surface area contributed by atoms with Gasteiger partial charge in [-0.3, -0.25) is 4.79 Å². The van der Waals surface area contributed by atoms with Crippen molar-refractivity contribution in [3.8, 4) is 0 Å². The molecule has 3 heterocycles. The van der Waals surface area contributed by atoms with E-state index in [2.05, 4.69) is 36.7 Å². The van der Waals surface area contributed by atoms with Crippen LogP contribution < -0.4 is 4.90 Å². The topological polar surface area (TPSA) is 62.7 Å². The van der Waals surface area contributed by atoms with Crippen molar-refractivity contribution in [2.45, 2.75) is 47.0 Å². The number of hydrogen-bond donors (Lipinski definition) is 0. The molecule has 2 aromatic heterocycles. The fourth-order valence-corrected chi connectivity index (χ4v) is 5.75. The van der Waals surface area contributed by atoms with Crippen molar-refractivity contribution in [3.63, 3.8) is 0 Å². The second-order valence-electron chi connectivity index (χ2n) is 9.77. The summed E-state index contributed by atoms with van der Waals surface area (Å²) in [6.07, 6.45) is 4.96. The lowest BCUT2D eigenvalue weighted by atomic mass is 9.72. The Labute approximate surface area is 194 Å². The molecule has 172 valence electrons. The van der Waals surface area contributed by atoms with E-state index in [1.165, 1.54) is 16.9 Å². The van der Waals surface area contributed by atoms with Crippen molar-refractivity contribution in [2.75, 3.05) is 37.7 Å². The first kappa shape index (κ1) is 22.8. The Balaban J connectivity index is 1.35. The van der Waals surface area contributed by atoms with Crippen LogP contribution in [-0.2, 0) is 17.6 Å². The summed E-state index contributed by atoms with van der Waals surface area (Å²) in [5, 5.41) is 0. The summed E-state index contributed by atoms with van der Waals surface area (Å²) in [6, 6.07) is 5.75. The predicted octanol–water partition coefficient (Wildman–Crippen LogP) is 4.43. The molecule has 0 saturated carbocycles. The quantitative estimate of drug-likeness (QED) is 0.638. The summed E-state index contributed by atoms with van der Waals surface area (Å²) in [4.78, 5) is 35.8. The van der Waals surface area contributed by atoms with E-state index in [1.807, 2.05) is 11.0 Å². The van der Waals surface area contributed by atoms with Gasteiger partial charge in [-0.25, -0.2) is 9.78 Å². The van der Waals surface area contributed by atoms with E-state index in [1.54, 1.807) is 30.5 Å². The second kappa shape index (κ2) is 9.22. The highest BCUT2D eigenvalue weighted by molar-refractivity contribution is 7.14. The van der Waals surface area contributed by atoms with E-state index in [4.69, 9.17) is 4.74 Å². The predicted molar refractivity (Wildman–Crippen MR) is 128 cm³/mol. The van der Waals surface area contributed by atoms with Gasteiger partial charge in [0.1, 0.15) is 5.82 Å². The minimum Gasteiger partial charge on any atom is -0.462 e. The maximum Gasteiger partial charge on any atom is 0.339 e. The van der Waals surface area contributed by atoms with Gasteiger partial charge in [-0.2, -0.15) is 0 Å². The zero-order chi connectivity index (χ0) is 22.9. The smallest absolute Gasteiger partial charge is 0.339 e. The molecule has 32 heavy (non-hydrogen) atoms. The fraction of sp³-hybridized carbons (Fsp3) is 0.560. The van der Waals surface area contributed by atoms with Crippen molar-refractivity contribution in [2.24, 2.45) is 11.3 Å². The maximum absolute atomic E-state index is 13.2. The number of amides is 1. The molecule has 0 radical (unpaired) electrons. The van der Waals surface area contributed by atoms with Gasteiger partial charge in [0.25, 0.3) is 5.91 Å². The van der Waals surface area contributed by atoms with Crippen LogP contribution in [0.5, 0.6) is 0 Å². The maximum atomic E-state index is 13.2. The third-order valence-corrected chi connectivity index (χ3v) is 7.89. The number of aromatic nitrogens is 1. The molecule has 1 aliphatic carbocycles. The van der Waals surface area contributed by atoms with Crippen molar-refractivity contribution >= 4 is 29.0 Å². The lowest BCUT2D eigenvalue weighted by Crippen LogP contribution is -2.48. The summed E-state index contributed by atoms with van der Waals surface area (Å²) in [6.45, 7) is 11.9. The van der Waals surface area contributed by atoms with Crippen LogP contribution in [0.1, 0.15) is 64.6 Å². The Morgan fingerprint density at radius 1 is 1.19 bits per heavy atom. The molecule has 6 nitrogen and oxygen atoms in total. The minimum atomic E-state index is -0.352. The van der Waals surface area contributed by atoms with Crippen LogP contribution in [0.2, 0.25) is 0 Å². The molecule has 0 bridgehead atoms. The number of aryl methyl sites for hydroxylation is 1. The number of anilines is 1. The number of ether oxygens (including phenoxy) is 1. The number of carbonyl (C=O) groups excluding carboxylic acids is 2. The van der Waals surface area contributed by atoms with Gasteiger partial charge in [0.15, 0.2) is 0 Å². The minimum absolute atomic E-state index is 0.155. The van der Waals surface area contributed by atoms with Crippen LogP contribution in [0.4, 0.5) is 5.82 Å². The molecule has 7 heteroatoms. The highest BCUT2D eigenvalue weighted by Crippen LogP contribution is 2.40. The highest BCUT2D eigenvalue weighted by atomic mass is 32.1. The van der Waals surface area contributed by atoms with Crippen molar-refractivity contribution < 1.29 is 14.3 Å². The molecule has 2 aromatic rings. The third-order valence-electron chi connectivity index (χ3n) is 6.67. The molecule has 2 aliphatic rings. The average molecular weight is 456 g/mol. The fourth-order valence-electron chi connectivity index (χ4n) is 4.57. The van der Waals surface area contributed by atoms with E-state index < -0.39 is 0 Å². The van der Waals surface area contributed by atoms with Gasteiger partial charge in [-0.15, -0.1) is 11.3 Å². The molecule has 1 amide bonds. The molecular weight excluding hydrogens is 422 g/mol. The molecule has 1 saturated heterocycles. The number of pyridine rings is 1. The summed E-state index contributed by atoms with van der Waals surface area (Å²) < 4.78 is 5.01. The van der Waals surface area contributed by atoms with Crippen LogP contribution in [-0.4, -0.2) is 54.5 Å². The normalized spacial score (nSPS) is 18.9. The Hall–Kier alpha value is -2.41. The number of nitrogens with zero attached hydrogens (tertiary/aromatic N) is 3. The summed E-state index contributed by atoms with van der Waals surface area (Å²) in [5.74, 6) is 1.31. The molecule has 1 aliphatic heterocycles. The highest BCUT2D eigenvalue weighted by Gasteiger charge is 2.31. The Kier molecular flexibility index (Phi) is 6.56. The van der Waals surface area contributed by atoms with Gasteiger partial charge in [-0.1, -0.05) is 20.8 Å². The molecule has 0 unspecified atom stereocenters. The van der Waals surface area contributed by atoms with Crippen molar-refractivity contribution in [3.05, 3.63) is 45.3 Å². The molecule has 1 fully saturated rings. The summed E-state index contributed by atoms with van der Waals surface area (Å²) in [7, 11) is 0. The molecule has 0 spiro atoms. The Bertz CT molecular complexity index is 969. The van der Waals surface area contributed by atoms with Crippen LogP contribution in [0.25, 0.3) is 0 Å². The lowest BCUT2D eigenvalue weighted by molar-refractivity contribution is 0.0525. The second-order valence-corrected chi connectivity index (χ2v) is 10.9. The zero-order valence-electron chi connectivity index (χ0n) is 19.5. The van der Waals surface area contributed by atoms with Gasteiger partial charge < -0.3 is 14.5 Å².